The van der Waals surface area contributed by atoms with E-state index in [1.54, 1.807) is 24.3 Å². The van der Waals surface area contributed by atoms with Gasteiger partial charge in [-0.1, -0.05) is 29.8 Å². The summed E-state index contributed by atoms with van der Waals surface area (Å²) in [5.41, 5.74) is 0.953. The third kappa shape index (κ3) is 6.91. The molecular weight excluding hydrogens is 458 g/mol. The number of halogens is 1. The second kappa shape index (κ2) is 9.83. The third-order valence-electron chi connectivity index (χ3n) is 3.62. The summed E-state index contributed by atoms with van der Waals surface area (Å²) in [5.74, 6) is -0.744. The molecule has 0 aliphatic rings. The van der Waals surface area contributed by atoms with Crippen LogP contribution in [0.15, 0.2) is 53.3 Å². The molecule has 0 spiro atoms. The van der Waals surface area contributed by atoms with Crippen molar-refractivity contribution < 1.29 is 21.6 Å². The lowest BCUT2D eigenvalue weighted by molar-refractivity contribution is -0.116. The van der Waals surface area contributed by atoms with Gasteiger partial charge in [0.1, 0.15) is 4.21 Å². The Bertz CT molecular complexity index is 1080. The average molecular weight is 478 g/mol. The van der Waals surface area contributed by atoms with Crippen molar-refractivity contribution >= 4 is 54.6 Å². The van der Waals surface area contributed by atoms with Gasteiger partial charge in [-0.2, -0.15) is 4.31 Å². The molecular formula is C17H20ClN3O5S3. The molecule has 0 radical (unpaired) electrons. The summed E-state index contributed by atoms with van der Waals surface area (Å²) in [6, 6.07) is 9.08. The van der Waals surface area contributed by atoms with Crippen molar-refractivity contribution in [3.63, 3.8) is 0 Å². The first-order chi connectivity index (χ1) is 13.5. The van der Waals surface area contributed by atoms with E-state index in [4.69, 9.17) is 11.6 Å². The quantitative estimate of drug-likeness (QED) is 0.510. The highest BCUT2D eigenvalue weighted by Gasteiger charge is 2.24. The summed E-state index contributed by atoms with van der Waals surface area (Å²) in [5, 5.41) is 2.58. The lowest BCUT2D eigenvalue weighted by Crippen LogP contribution is -2.34. The Balaban J connectivity index is 1.96. The molecule has 2 rings (SSSR count). The van der Waals surface area contributed by atoms with Gasteiger partial charge in [-0.15, -0.1) is 17.9 Å². The van der Waals surface area contributed by atoms with E-state index in [0.29, 0.717) is 15.6 Å². The van der Waals surface area contributed by atoms with E-state index in [-0.39, 0.29) is 23.1 Å². The Morgan fingerprint density at radius 3 is 2.38 bits per heavy atom. The summed E-state index contributed by atoms with van der Waals surface area (Å²) >= 11 is 6.68. The Hall–Kier alpha value is -1.76. The van der Waals surface area contributed by atoms with Gasteiger partial charge in [-0.25, -0.2) is 21.6 Å². The SMILES string of the molecule is C=CCNS(=O)(=O)Cc1ccc(NC(=O)CN(C)S(=O)(=O)c2ccc(Cl)s2)cc1. The third-order valence-corrected chi connectivity index (χ3v) is 8.44. The van der Waals surface area contributed by atoms with Crippen LogP contribution in [0.1, 0.15) is 5.56 Å². The van der Waals surface area contributed by atoms with E-state index >= 15 is 0 Å². The topological polar surface area (TPSA) is 113 Å². The molecule has 0 saturated carbocycles. The lowest BCUT2D eigenvalue weighted by Gasteiger charge is -2.15. The number of hydrogen-bond acceptors (Lipinski definition) is 6. The molecule has 29 heavy (non-hydrogen) atoms. The zero-order chi connectivity index (χ0) is 21.7. The second-order valence-electron chi connectivity index (χ2n) is 5.96. The van der Waals surface area contributed by atoms with Crippen LogP contribution in [0.2, 0.25) is 4.34 Å². The Kier molecular flexibility index (Phi) is 7.97. The summed E-state index contributed by atoms with van der Waals surface area (Å²) in [6.45, 7) is 3.20. The fourth-order valence-corrected chi connectivity index (χ4v) is 6.14. The number of benzene rings is 1. The number of sulfonamides is 2. The molecule has 1 aromatic heterocycles. The first-order valence-electron chi connectivity index (χ1n) is 8.22. The highest BCUT2D eigenvalue weighted by molar-refractivity contribution is 7.91. The molecule has 0 saturated heterocycles. The molecule has 1 amide bonds. The number of carbonyl (C=O) groups excluding carboxylic acids is 1. The number of amides is 1. The molecule has 0 aliphatic carbocycles. The molecule has 0 aliphatic heterocycles. The summed E-state index contributed by atoms with van der Waals surface area (Å²) in [7, 11) is -6.00. The molecule has 1 heterocycles. The number of nitrogens with one attached hydrogen (secondary N) is 2. The van der Waals surface area contributed by atoms with Crippen LogP contribution in [0, 0.1) is 0 Å². The van der Waals surface area contributed by atoms with Crippen molar-refractivity contribution in [1.82, 2.24) is 9.03 Å². The van der Waals surface area contributed by atoms with Gasteiger partial charge in [0.15, 0.2) is 0 Å². The molecule has 2 aromatic rings. The molecule has 1 aromatic carbocycles. The van der Waals surface area contributed by atoms with Crippen LogP contribution >= 0.6 is 22.9 Å². The van der Waals surface area contributed by atoms with Gasteiger partial charge < -0.3 is 5.32 Å². The van der Waals surface area contributed by atoms with E-state index in [2.05, 4.69) is 16.6 Å². The number of carbonyl (C=O) groups is 1. The molecule has 12 heteroatoms. The first kappa shape index (κ1) is 23.5. The molecule has 8 nitrogen and oxygen atoms in total. The zero-order valence-electron chi connectivity index (χ0n) is 15.5. The van der Waals surface area contributed by atoms with Gasteiger partial charge in [-0.05, 0) is 29.8 Å². The number of hydrogen-bond donors (Lipinski definition) is 2. The number of likely N-dealkylation sites (N-methyl/N-ethyl adjacent to an activating group) is 1. The predicted octanol–water partition coefficient (Wildman–Crippen LogP) is 2.27. The monoisotopic (exact) mass is 477 g/mol. The Morgan fingerprint density at radius 1 is 1.17 bits per heavy atom. The molecule has 2 N–H and O–H groups in total. The smallest absolute Gasteiger partial charge is 0.252 e. The van der Waals surface area contributed by atoms with E-state index in [0.717, 1.165) is 15.6 Å². The number of anilines is 1. The van der Waals surface area contributed by atoms with Gasteiger partial charge in [0, 0.05) is 19.3 Å². The summed E-state index contributed by atoms with van der Waals surface area (Å²) in [4.78, 5) is 12.2. The van der Waals surface area contributed by atoms with Crippen LogP contribution in [0.25, 0.3) is 0 Å². The lowest BCUT2D eigenvalue weighted by atomic mass is 10.2. The van der Waals surface area contributed by atoms with Gasteiger partial charge in [-0.3, -0.25) is 4.79 Å². The number of rotatable bonds is 10. The maximum atomic E-state index is 12.4. The standard InChI is InChI=1S/C17H20ClN3O5S3/c1-3-10-19-28(23,24)12-13-4-6-14(7-5-13)20-16(22)11-21(2)29(25,26)17-9-8-15(18)27-17/h3-9,19H,1,10-12H2,2H3,(H,20,22). The number of nitrogens with zero attached hydrogens (tertiary/aromatic N) is 1. The number of thiophene rings is 1. The Labute approximate surface area is 179 Å². The molecule has 158 valence electrons. The van der Waals surface area contributed by atoms with Crippen LogP contribution in [-0.2, 0) is 30.6 Å². The maximum Gasteiger partial charge on any atom is 0.252 e. The average Bonchev–Trinajstić information content (AvgIpc) is 3.08. The van der Waals surface area contributed by atoms with Gasteiger partial charge >= 0.3 is 0 Å². The van der Waals surface area contributed by atoms with Crippen LogP contribution in [0.3, 0.4) is 0 Å². The van der Waals surface area contributed by atoms with Crippen LogP contribution in [0.5, 0.6) is 0 Å². The largest absolute Gasteiger partial charge is 0.325 e. The summed E-state index contributed by atoms with van der Waals surface area (Å²) < 4.78 is 52.2. The van der Waals surface area contributed by atoms with Crippen molar-refractivity contribution in [2.24, 2.45) is 0 Å². The van der Waals surface area contributed by atoms with E-state index in [1.807, 2.05) is 0 Å². The molecule has 0 atom stereocenters. The fourth-order valence-electron chi connectivity index (χ4n) is 2.22. The van der Waals surface area contributed by atoms with Crippen molar-refractivity contribution in [2.75, 3.05) is 25.5 Å². The highest BCUT2D eigenvalue weighted by atomic mass is 35.5. The van der Waals surface area contributed by atoms with Crippen molar-refractivity contribution in [2.45, 2.75) is 9.96 Å². The minimum atomic E-state index is -3.81. The van der Waals surface area contributed by atoms with E-state index in [9.17, 15) is 21.6 Å². The van der Waals surface area contributed by atoms with Gasteiger partial charge in [0.25, 0.3) is 10.0 Å². The second-order valence-corrected chi connectivity index (χ2v) is 11.8. The Morgan fingerprint density at radius 2 is 1.83 bits per heavy atom. The summed E-state index contributed by atoms with van der Waals surface area (Å²) in [6.07, 6.45) is 1.44. The van der Waals surface area contributed by atoms with Crippen LogP contribution < -0.4 is 10.0 Å². The van der Waals surface area contributed by atoms with Gasteiger partial charge in [0.05, 0.1) is 16.6 Å². The molecule has 0 unspecified atom stereocenters. The highest BCUT2D eigenvalue weighted by Crippen LogP contribution is 2.27. The van der Waals surface area contributed by atoms with E-state index in [1.165, 1.54) is 25.3 Å². The normalized spacial score (nSPS) is 12.1. The molecule has 0 bridgehead atoms. The maximum absolute atomic E-state index is 12.4. The first-order valence-corrected chi connectivity index (χ1v) is 12.5. The van der Waals surface area contributed by atoms with Crippen molar-refractivity contribution in [1.29, 1.82) is 0 Å². The molecule has 0 fully saturated rings. The van der Waals surface area contributed by atoms with E-state index < -0.39 is 26.0 Å². The zero-order valence-corrected chi connectivity index (χ0v) is 18.7. The minimum absolute atomic E-state index is 0.0495. The van der Waals surface area contributed by atoms with Crippen molar-refractivity contribution in [3.8, 4) is 0 Å². The van der Waals surface area contributed by atoms with Crippen LogP contribution in [-0.4, -0.2) is 47.2 Å². The minimum Gasteiger partial charge on any atom is -0.325 e. The predicted molar refractivity (Wildman–Crippen MR) is 115 cm³/mol. The van der Waals surface area contributed by atoms with Crippen LogP contribution in [0.4, 0.5) is 5.69 Å². The van der Waals surface area contributed by atoms with Gasteiger partial charge in [0.2, 0.25) is 15.9 Å². The fraction of sp³-hybridized carbons (Fsp3) is 0.235. The van der Waals surface area contributed by atoms with Crippen molar-refractivity contribution in [3.05, 3.63) is 59.0 Å².